The Labute approximate surface area is 167 Å². The fourth-order valence-electron chi connectivity index (χ4n) is 3.35. The first-order chi connectivity index (χ1) is 13.6. The van der Waals surface area contributed by atoms with E-state index in [9.17, 15) is 9.59 Å². The van der Waals surface area contributed by atoms with Crippen LogP contribution >= 0.6 is 0 Å². The second kappa shape index (κ2) is 12.5. The molecule has 0 bridgehead atoms. The summed E-state index contributed by atoms with van der Waals surface area (Å²) in [5.41, 5.74) is 1.29. The molecule has 0 aromatic heterocycles. The molecule has 28 heavy (non-hydrogen) atoms. The van der Waals surface area contributed by atoms with Gasteiger partial charge in [0.25, 0.3) is 0 Å². The highest BCUT2D eigenvalue weighted by Crippen LogP contribution is 2.20. The van der Waals surface area contributed by atoms with Gasteiger partial charge in [-0.1, -0.05) is 30.3 Å². The van der Waals surface area contributed by atoms with Crippen molar-refractivity contribution in [2.24, 2.45) is 0 Å². The van der Waals surface area contributed by atoms with E-state index in [0.29, 0.717) is 45.2 Å². The summed E-state index contributed by atoms with van der Waals surface area (Å²) in [5.74, 6) is -0.121. The minimum absolute atomic E-state index is 0.0181. The molecule has 1 aromatic rings. The number of likely N-dealkylation sites (tertiary alicyclic amines) is 1. The van der Waals surface area contributed by atoms with Gasteiger partial charge < -0.3 is 20.1 Å². The molecule has 0 saturated carbocycles. The molecule has 0 spiro atoms. The number of rotatable bonds is 12. The average Bonchev–Trinajstić information content (AvgIpc) is 3.01. The molecule has 2 rings (SSSR count). The molecule has 2 N–H and O–H groups in total. The van der Waals surface area contributed by atoms with Crippen molar-refractivity contribution in [3.63, 3.8) is 0 Å². The van der Waals surface area contributed by atoms with Crippen LogP contribution in [-0.2, 0) is 25.6 Å². The summed E-state index contributed by atoms with van der Waals surface area (Å²) in [7, 11) is 1.61. The lowest BCUT2D eigenvalue weighted by Gasteiger charge is -2.20. The van der Waals surface area contributed by atoms with Gasteiger partial charge in [0.05, 0.1) is 19.8 Å². The largest absolute Gasteiger partial charge is 0.382 e. The van der Waals surface area contributed by atoms with E-state index >= 15 is 0 Å². The molecule has 0 aliphatic carbocycles. The number of methoxy groups -OCH3 is 1. The van der Waals surface area contributed by atoms with Crippen LogP contribution in [0.4, 0.5) is 0 Å². The predicted molar refractivity (Wildman–Crippen MR) is 108 cm³/mol. The van der Waals surface area contributed by atoms with Crippen LogP contribution in [0.15, 0.2) is 30.3 Å². The van der Waals surface area contributed by atoms with Gasteiger partial charge in [-0.3, -0.25) is 14.5 Å². The van der Waals surface area contributed by atoms with Crippen molar-refractivity contribution >= 4 is 11.8 Å². The normalized spacial score (nSPS) is 19.5. The first-order valence-electron chi connectivity index (χ1n) is 9.99. The number of carbonyl (C=O) groups excluding carboxylic acids is 2. The summed E-state index contributed by atoms with van der Waals surface area (Å²) in [6, 6.07) is 11.0. The molecule has 2 atom stereocenters. The van der Waals surface area contributed by atoms with E-state index in [-0.39, 0.29) is 17.9 Å². The third kappa shape index (κ3) is 8.37. The van der Waals surface area contributed by atoms with E-state index in [1.54, 1.807) is 7.11 Å². The molecule has 1 heterocycles. The molecule has 0 radical (unpaired) electrons. The molecule has 7 heteroatoms. The number of hydrogen-bond donors (Lipinski definition) is 2. The van der Waals surface area contributed by atoms with Gasteiger partial charge >= 0.3 is 0 Å². The van der Waals surface area contributed by atoms with Gasteiger partial charge in [0.1, 0.15) is 0 Å². The van der Waals surface area contributed by atoms with E-state index in [1.807, 2.05) is 6.07 Å². The van der Waals surface area contributed by atoms with E-state index in [2.05, 4.69) is 46.7 Å². The Balaban J connectivity index is 1.58. The van der Waals surface area contributed by atoms with Crippen molar-refractivity contribution in [2.75, 3.05) is 40.0 Å². The smallest absolute Gasteiger partial charge is 0.222 e. The molecule has 0 unspecified atom stereocenters. The quantitative estimate of drug-likeness (QED) is 0.526. The topological polar surface area (TPSA) is 79.9 Å². The molecule has 1 fully saturated rings. The van der Waals surface area contributed by atoms with Crippen LogP contribution in [0, 0.1) is 0 Å². The maximum absolute atomic E-state index is 12.2. The first kappa shape index (κ1) is 22.3. The van der Waals surface area contributed by atoms with Crippen LogP contribution in [0.25, 0.3) is 0 Å². The summed E-state index contributed by atoms with van der Waals surface area (Å²) in [5, 5.41) is 5.85. The van der Waals surface area contributed by atoms with E-state index in [0.717, 1.165) is 19.5 Å². The van der Waals surface area contributed by atoms with Gasteiger partial charge in [0.15, 0.2) is 0 Å². The monoisotopic (exact) mass is 391 g/mol. The zero-order chi connectivity index (χ0) is 20.2. The van der Waals surface area contributed by atoms with Gasteiger partial charge in [-0.15, -0.1) is 0 Å². The van der Waals surface area contributed by atoms with Gasteiger partial charge in [-0.2, -0.15) is 0 Å². The van der Waals surface area contributed by atoms with E-state index in [1.165, 1.54) is 5.56 Å². The second-order valence-electron chi connectivity index (χ2n) is 7.22. The minimum atomic E-state index is -0.103. The van der Waals surface area contributed by atoms with Crippen molar-refractivity contribution < 1.29 is 19.1 Å². The number of amides is 2. The predicted octanol–water partition coefficient (Wildman–Crippen LogP) is 1.33. The van der Waals surface area contributed by atoms with Crippen molar-refractivity contribution in [3.05, 3.63) is 35.9 Å². The summed E-state index contributed by atoms with van der Waals surface area (Å²) in [6.45, 7) is 5.66. The molecule has 1 saturated heterocycles. The zero-order valence-corrected chi connectivity index (χ0v) is 17.0. The zero-order valence-electron chi connectivity index (χ0n) is 17.0. The summed E-state index contributed by atoms with van der Waals surface area (Å²) in [6.07, 6.45) is 1.53. The van der Waals surface area contributed by atoms with Crippen LogP contribution < -0.4 is 10.6 Å². The molecular formula is C21H33N3O4. The number of benzene rings is 1. The Kier molecular flexibility index (Phi) is 9.96. The lowest BCUT2D eigenvalue weighted by Crippen LogP contribution is -2.38. The first-order valence-corrected chi connectivity index (χ1v) is 9.99. The number of nitrogens with zero attached hydrogens (tertiary/aromatic N) is 1. The molecule has 7 nitrogen and oxygen atoms in total. The highest BCUT2D eigenvalue weighted by Gasteiger charge is 2.29. The number of carbonyl (C=O) groups is 2. The van der Waals surface area contributed by atoms with Crippen molar-refractivity contribution in [1.82, 2.24) is 15.5 Å². The van der Waals surface area contributed by atoms with Gasteiger partial charge in [0.2, 0.25) is 11.8 Å². The Morgan fingerprint density at radius 2 is 1.89 bits per heavy atom. The maximum atomic E-state index is 12.2. The maximum Gasteiger partial charge on any atom is 0.222 e. The second-order valence-corrected chi connectivity index (χ2v) is 7.22. The number of hydrogen-bond acceptors (Lipinski definition) is 5. The minimum Gasteiger partial charge on any atom is -0.382 e. The van der Waals surface area contributed by atoms with Crippen molar-refractivity contribution in [2.45, 2.75) is 44.8 Å². The van der Waals surface area contributed by atoms with Gasteiger partial charge in [0, 0.05) is 51.7 Å². The third-order valence-electron chi connectivity index (χ3n) is 4.88. The third-order valence-corrected chi connectivity index (χ3v) is 4.88. The highest BCUT2D eigenvalue weighted by atomic mass is 16.5. The standard InChI is InChI=1S/C21H33N3O4/c1-17-14-19(16-24(17)15-18-6-4-3-5-7-18)23-21(26)8-10-22-20(25)9-11-28-13-12-27-2/h3-7,17,19H,8-16H2,1-2H3,(H,22,25)(H,23,26)/t17-,19+/m1/s1. The van der Waals surface area contributed by atoms with E-state index in [4.69, 9.17) is 9.47 Å². The lowest BCUT2D eigenvalue weighted by molar-refractivity contribution is -0.123. The van der Waals surface area contributed by atoms with Crippen molar-refractivity contribution in [1.29, 1.82) is 0 Å². The molecule has 1 aliphatic heterocycles. The summed E-state index contributed by atoms with van der Waals surface area (Å²) < 4.78 is 10.1. The lowest BCUT2D eigenvalue weighted by atomic mass is 10.2. The number of nitrogens with one attached hydrogen (secondary N) is 2. The fourth-order valence-corrected chi connectivity index (χ4v) is 3.35. The van der Waals surface area contributed by atoms with Gasteiger partial charge in [-0.05, 0) is 18.9 Å². The highest BCUT2D eigenvalue weighted by molar-refractivity contribution is 5.79. The van der Waals surface area contributed by atoms with Crippen LogP contribution in [-0.4, -0.2) is 68.8 Å². The van der Waals surface area contributed by atoms with Gasteiger partial charge in [-0.25, -0.2) is 0 Å². The number of ether oxygens (including phenoxy) is 2. The Hall–Kier alpha value is -1.96. The van der Waals surface area contributed by atoms with E-state index < -0.39 is 0 Å². The fraction of sp³-hybridized carbons (Fsp3) is 0.619. The molecule has 1 aliphatic rings. The summed E-state index contributed by atoms with van der Waals surface area (Å²) >= 11 is 0. The molecular weight excluding hydrogens is 358 g/mol. The van der Waals surface area contributed by atoms with Crippen LogP contribution in [0.5, 0.6) is 0 Å². The molecule has 1 aromatic carbocycles. The van der Waals surface area contributed by atoms with Crippen molar-refractivity contribution in [3.8, 4) is 0 Å². The van der Waals surface area contributed by atoms with Crippen LogP contribution in [0.2, 0.25) is 0 Å². The van der Waals surface area contributed by atoms with Crippen LogP contribution in [0.3, 0.4) is 0 Å². The Morgan fingerprint density at radius 1 is 1.11 bits per heavy atom. The average molecular weight is 392 g/mol. The molecule has 156 valence electrons. The summed E-state index contributed by atoms with van der Waals surface area (Å²) in [4.78, 5) is 26.3. The SMILES string of the molecule is COCCOCCC(=O)NCCC(=O)N[C@H]1C[C@@H](C)N(Cc2ccccc2)C1. The Morgan fingerprint density at radius 3 is 2.64 bits per heavy atom. The Bertz CT molecular complexity index is 597. The molecule has 2 amide bonds. The van der Waals surface area contributed by atoms with Crippen LogP contribution in [0.1, 0.15) is 31.7 Å².